The van der Waals surface area contributed by atoms with Crippen LogP contribution in [0.4, 0.5) is 4.39 Å². The number of fused-ring (bicyclic) bond motifs is 1. The second-order valence-corrected chi connectivity index (χ2v) is 6.55. The number of methoxy groups -OCH3 is 1. The number of hydrogen-bond donors (Lipinski definition) is 1. The fourth-order valence-corrected chi connectivity index (χ4v) is 2.33. The molecule has 0 spiro atoms. The van der Waals surface area contributed by atoms with Gasteiger partial charge in [-0.25, -0.2) is 4.39 Å². The highest BCUT2D eigenvalue weighted by Gasteiger charge is 2.24. The summed E-state index contributed by atoms with van der Waals surface area (Å²) >= 11 is 5.37. The third kappa shape index (κ3) is 2.59. The molecule has 0 atom stereocenters. The molecule has 3 nitrogen and oxygen atoms in total. The van der Waals surface area contributed by atoms with Crippen molar-refractivity contribution in [3.63, 3.8) is 0 Å². The summed E-state index contributed by atoms with van der Waals surface area (Å²) in [7, 11) is 1.47. The fourth-order valence-electron chi connectivity index (χ4n) is 2.06. The number of nitrogens with zero attached hydrogens (tertiary/aromatic N) is 1. The summed E-state index contributed by atoms with van der Waals surface area (Å²) in [6, 6.07) is 3.14. The van der Waals surface area contributed by atoms with Gasteiger partial charge in [-0.15, -0.1) is 0 Å². The maximum absolute atomic E-state index is 13.7. The summed E-state index contributed by atoms with van der Waals surface area (Å²) in [6.07, 6.45) is 0. The van der Waals surface area contributed by atoms with E-state index in [9.17, 15) is 4.39 Å². The molecule has 0 saturated carbocycles. The van der Waals surface area contributed by atoms with E-state index in [0.717, 1.165) is 12.1 Å². The molecule has 0 fully saturated rings. The van der Waals surface area contributed by atoms with E-state index in [1.807, 2.05) is 4.57 Å². The number of imidazole rings is 1. The Morgan fingerprint density at radius 2 is 2.05 bits per heavy atom. The molecule has 1 aromatic carbocycles. The summed E-state index contributed by atoms with van der Waals surface area (Å²) in [6.45, 7) is 9.58. The number of nitrogens with one attached hydrogen (secondary N) is 1. The predicted molar refractivity (Wildman–Crippen MR) is 82.3 cm³/mol. The SMILES string of the molecule is COc1cc2c(cc1F)[nH]c(=S)n2CC(C)(C)C(C)C. The molecule has 0 bridgehead atoms. The topological polar surface area (TPSA) is 29.9 Å². The Bertz CT molecular complexity index is 685. The first kappa shape index (κ1) is 15.0. The zero-order valence-electron chi connectivity index (χ0n) is 12.6. The molecule has 20 heavy (non-hydrogen) atoms. The standard InChI is InChI=1S/C15H21FN2OS/c1-9(2)15(3,4)8-18-12-7-13(19-5)10(16)6-11(12)17-14(18)20/h6-7,9H,8H2,1-5H3,(H,17,20). The van der Waals surface area contributed by atoms with Gasteiger partial charge in [-0.2, -0.15) is 0 Å². The van der Waals surface area contributed by atoms with E-state index >= 15 is 0 Å². The summed E-state index contributed by atoms with van der Waals surface area (Å²) in [4.78, 5) is 3.06. The number of aromatic nitrogens is 2. The van der Waals surface area contributed by atoms with Gasteiger partial charge in [-0.05, 0) is 23.6 Å². The van der Waals surface area contributed by atoms with Crippen LogP contribution in [-0.2, 0) is 6.54 Å². The zero-order valence-corrected chi connectivity index (χ0v) is 13.4. The lowest BCUT2D eigenvalue weighted by molar-refractivity contribution is 0.211. The molecule has 1 N–H and O–H groups in total. The average Bonchev–Trinajstić information content (AvgIpc) is 2.63. The molecule has 0 aliphatic rings. The molecule has 0 amide bonds. The Kier molecular flexibility index (Phi) is 3.91. The van der Waals surface area contributed by atoms with Crippen LogP contribution < -0.4 is 4.74 Å². The maximum atomic E-state index is 13.7. The lowest BCUT2D eigenvalue weighted by Gasteiger charge is -2.29. The Morgan fingerprint density at radius 3 is 2.60 bits per heavy atom. The summed E-state index contributed by atoms with van der Waals surface area (Å²) in [5.41, 5.74) is 1.67. The number of halogens is 1. The van der Waals surface area contributed by atoms with Crippen molar-refractivity contribution >= 4 is 23.3 Å². The van der Waals surface area contributed by atoms with Crippen molar-refractivity contribution < 1.29 is 9.13 Å². The van der Waals surface area contributed by atoms with Crippen molar-refractivity contribution in [3.05, 3.63) is 22.7 Å². The van der Waals surface area contributed by atoms with Crippen LogP contribution in [0.2, 0.25) is 0 Å². The first-order valence-corrected chi connectivity index (χ1v) is 7.13. The molecule has 110 valence electrons. The Hall–Kier alpha value is -1.36. The molecule has 1 heterocycles. The number of benzene rings is 1. The van der Waals surface area contributed by atoms with Gasteiger partial charge in [0.2, 0.25) is 0 Å². The molecule has 2 rings (SSSR count). The van der Waals surface area contributed by atoms with Gasteiger partial charge < -0.3 is 14.3 Å². The fraction of sp³-hybridized carbons (Fsp3) is 0.533. The van der Waals surface area contributed by atoms with Crippen molar-refractivity contribution in [3.8, 4) is 5.75 Å². The molecule has 2 aromatic rings. The summed E-state index contributed by atoms with van der Waals surface area (Å²) in [5.74, 6) is 0.366. The number of H-pyrrole nitrogens is 1. The van der Waals surface area contributed by atoms with E-state index in [4.69, 9.17) is 17.0 Å². The number of aromatic amines is 1. The Balaban J connectivity index is 2.59. The Labute approximate surface area is 123 Å². The molecule has 0 unspecified atom stereocenters. The minimum Gasteiger partial charge on any atom is -0.494 e. The van der Waals surface area contributed by atoms with Crippen LogP contribution in [0, 0.1) is 21.9 Å². The van der Waals surface area contributed by atoms with E-state index < -0.39 is 0 Å². The van der Waals surface area contributed by atoms with Crippen LogP contribution in [0.25, 0.3) is 11.0 Å². The first-order valence-electron chi connectivity index (χ1n) is 6.72. The lowest BCUT2D eigenvalue weighted by Crippen LogP contribution is -2.25. The van der Waals surface area contributed by atoms with Gasteiger partial charge in [0.25, 0.3) is 0 Å². The quantitative estimate of drug-likeness (QED) is 0.840. The highest BCUT2D eigenvalue weighted by molar-refractivity contribution is 7.71. The van der Waals surface area contributed by atoms with Crippen molar-refractivity contribution in [1.82, 2.24) is 9.55 Å². The van der Waals surface area contributed by atoms with Crippen molar-refractivity contribution in [2.24, 2.45) is 11.3 Å². The van der Waals surface area contributed by atoms with Crippen LogP contribution >= 0.6 is 12.2 Å². The molecule has 0 aliphatic heterocycles. The zero-order chi connectivity index (χ0) is 15.1. The second-order valence-electron chi connectivity index (χ2n) is 6.16. The highest BCUT2D eigenvalue weighted by Crippen LogP contribution is 2.31. The van der Waals surface area contributed by atoms with Crippen molar-refractivity contribution in [2.75, 3.05) is 7.11 Å². The summed E-state index contributed by atoms with van der Waals surface area (Å²) < 4.78 is 21.4. The van der Waals surface area contributed by atoms with E-state index in [1.165, 1.54) is 13.2 Å². The maximum Gasteiger partial charge on any atom is 0.178 e. The van der Waals surface area contributed by atoms with Gasteiger partial charge in [0.05, 0.1) is 18.1 Å². The monoisotopic (exact) mass is 296 g/mol. The van der Waals surface area contributed by atoms with Gasteiger partial charge in [0.1, 0.15) is 0 Å². The normalized spacial score (nSPS) is 12.3. The van der Waals surface area contributed by atoms with Crippen LogP contribution in [0.5, 0.6) is 5.75 Å². The molecule has 1 aromatic heterocycles. The Morgan fingerprint density at radius 1 is 1.40 bits per heavy atom. The third-order valence-electron chi connectivity index (χ3n) is 4.18. The lowest BCUT2D eigenvalue weighted by atomic mass is 9.81. The molecular formula is C15H21FN2OS. The largest absolute Gasteiger partial charge is 0.494 e. The molecule has 0 saturated heterocycles. The highest BCUT2D eigenvalue weighted by atomic mass is 32.1. The van der Waals surface area contributed by atoms with Crippen LogP contribution in [0.3, 0.4) is 0 Å². The second kappa shape index (κ2) is 5.20. The third-order valence-corrected chi connectivity index (χ3v) is 4.50. The molecular weight excluding hydrogens is 275 g/mol. The van der Waals surface area contributed by atoms with Gasteiger partial charge in [-0.3, -0.25) is 0 Å². The summed E-state index contributed by atoms with van der Waals surface area (Å²) in [5, 5.41) is 0. The molecule has 0 radical (unpaired) electrons. The predicted octanol–water partition coefficient (Wildman–Crippen LogP) is 4.53. The van der Waals surface area contributed by atoms with Crippen LogP contribution in [-0.4, -0.2) is 16.7 Å². The van der Waals surface area contributed by atoms with Crippen LogP contribution in [0.1, 0.15) is 27.7 Å². The molecule has 0 aliphatic carbocycles. The van der Waals surface area contributed by atoms with E-state index in [2.05, 4.69) is 32.7 Å². The first-order chi connectivity index (χ1) is 9.26. The van der Waals surface area contributed by atoms with Gasteiger partial charge >= 0.3 is 0 Å². The van der Waals surface area contributed by atoms with Crippen molar-refractivity contribution in [2.45, 2.75) is 34.2 Å². The van der Waals surface area contributed by atoms with Gasteiger partial charge in [-0.1, -0.05) is 27.7 Å². The van der Waals surface area contributed by atoms with Gasteiger partial charge in [0.15, 0.2) is 16.3 Å². The van der Waals surface area contributed by atoms with E-state index in [0.29, 0.717) is 16.2 Å². The smallest absolute Gasteiger partial charge is 0.178 e. The minimum absolute atomic E-state index is 0.0922. The number of hydrogen-bond acceptors (Lipinski definition) is 2. The van der Waals surface area contributed by atoms with E-state index in [-0.39, 0.29) is 17.0 Å². The number of rotatable bonds is 4. The van der Waals surface area contributed by atoms with E-state index in [1.54, 1.807) is 6.07 Å². The van der Waals surface area contributed by atoms with Crippen molar-refractivity contribution in [1.29, 1.82) is 0 Å². The minimum atomic E-state index is -0.383. The van der Waals surface area contributed by atoms with Crippen LogP contribution in [0.15, 0.2) is 12.1 Å². The van der Waals surface area contributed by atoms with Gasteiger partial charge in [0, 0.05) is 18.7 Å². The number of ether oxygens (including phenoxy) is 1. The average molecular weight is 296 g/mol. The molecule has 5 heteroatoms.